The molecule has 1 saturated heterocycles. The lowest BCUT2D eigenvalue weighted by atomic mass is 10.1. The van der Waals surface area contributed by atoms with Crippen molar-refractivity contribution >= 4 is 0 Å². The molecule has 3 nitrogen and oxygen atoms in total. The molecule has 1 aliphatic rings. The molecule has 0 aliphatic carbocycles. The van der Waals surface area contributed by atoms with Crippen molar-refractivity contribution in [3.8, 4) is 0 Å². The quantitative estimate of drug-likeness (QED) is 0.621. The zero-order valence-electron chi connectivity index (χ0n) is 8.25. The Bertz CT molecular complexity index is 130. The molecular formula is C9H19NO2. The van der Waals surface area contributed by atoms with Gasteiger partial charge in [-0.15, -0.1) is 0 Å². The molecule has 0 aromatic carbocycles. The van der Waals surface area contributed by atoms with E-state index in [1.54, 1.807) is 14.2 Å². The Balaban J connectivity index is 2.29. The maximum Gasteiger partial charge on any atom is 0.0618 e. The second-order valence-corrected chi connectivity index (χ2v) is 3.61. The molecule has 0 N–H and O–H groups in total. The lowest BCUT2D eigenvalue weighted by molar-refractivity contribution is 0.129. The van der Waals surface area contributed by atoms with Crippen LogP contribution in [0.15, 0.2) is 0 Å². The van der Waals surface area contributed by atoms with E-state index < -0.39 is 0 Å². The molecule has 1 heterocycles. The first kappa shape index (κ1) is 9.96. The SMILES string of the molecule is COCC1C[C@@H](COC)N(C)C1. The molecule has 1 rings (SSSR count). The monoisotopic (exact) mass is 173 g/mol. The van der Waals surface area contributed by atoms with Crippen LogP contribution in [0.3, 0.4) is 0 Å². The van der Waals surface area contributed by atoms with Gasteiger partial charge in [0.05, 0.1) is 13.2 Å². The molecule has 0 aromatic heterocycles. The van der Waals surface area contributed by atoms with Gasteiger partial charge < -0.3 is 14.4 Å². The van der Waals surface area contributed by atoms with Gasteiger partial charge in [-0.2, -0.15) is 0 Å². The topological polar surface area (TPSA) is 21.7 Å². The first-order chi connectivity index (χ1) is 5.77. The van der Waals surface area contributed by atoms with Gasteiger partial charge in [0.25, 0.3) is 0 Å². The molecule has 0 saturated carbocycles. The van der Waals surface area contributed by atoms with Crippen molar-refractivity contribution in [1.82, 2.24) is 4.90 Å². The van der Waals surface area contributed by atoms with E-state index in [0.717, 1.165) is 19.8 Å². The van der Waals surface area contributed by atoms with E-state index in [-0.39, 0.29) is 0 Å². The summed E-state index contributed by atoms with van der Waals surface area (Å²) in [6.45, 7) is 2.86. The van der Waals surface area contributed by atoms with Crippen molar-refractivity contribution in [2.75, 3.05) is 41.0 Å². The van der Waals surface area contributed by atoms with Gasteiger partial charge >= 0.3 is 0 Å². The van der Waals surface area contributed by atoms with Crippen LogP contribution in [-0.4, -0.2) is 52.0 Å². The summed E-state index contributed by atoms with van der Waals surface area (Å²) < 4.78 is 10.3. The number of likely N-dealkylation sites (N-methyl/N-ethyl adjacent to an activating group) is 1. The highest BCUT2D eigenvalue weighted by Gasteiger charge is 2.28. The number of rotatable bonds is 4. The molecule has 2 atom stereocenters. The van der Waals surface area contributed by atoms with Crippen LogP contribution < -0.4 is 0 Å². The first-order valence-corrected chi connectivity index (χ1v) is 4.46. The molecule has 1 aliphatic heterocycles. The highest BCUT2D eigenvalue weighted by atomic mass is 16.5. The van der Waals surface area contributed by atoms with Crippen LogP contribution in [0.4, 0.5) is 0 Å². The van der Waals surface area contributed by atoms with E-state index in [4.69, 9.17) is 9.47 Å². The van der Waals surface area contributed by atoms with Crippen molar-refractivity contribution in [3.63, 3.8) is 0 Å². The summed E-state index contributed by atoms with van der Waals surface area (Å²) in [7, 11) is 5.68. The van der Waals surface area contributed by atoms with Gasteiger partial charge in [-0.3, -0.25) is 0 Å². The van der Waals surface area contributed by atoms with Gasteiger partial charge in [-0.25, -0.2) is 0 Å². The third kappa shape index (κ3) is 2.44. The second kappa shape index (κ2) is 4.80. The van der Waals surface area contributed by atoms with Gasteiger partial charge in [0, 0.05) is 26.8 Å². The molecule has 0 radical (unpaired) electrons. The molecular weight excluding hydrogens is 154 g/mol. The van der Waals surface area contributed by atoms with Crippen LogP contribution in [-0.2, 0) is 9.47 Å². The van der Waals surface area contributed by atoms with Crippen molar-refractivity contribution < 1.29 is 9.47 Å². The van der Waals surface area contributed by atoms with Crippen molar-refractivity contribution in [2.24, 2.45) is 5.92 Å². The Morgan fingerprint density at radius 1 is 1.25 bits per heavy atom. The molecule has 1 unspecified atom stereocenters. The summed E-state index contributed by atoms with van der Waals surface area (Å²) >= 11 is 0. The van der Waals surface area contributed by atoms with Gasteiger partial charge in [0.15, 0.2) is 0 Å². The van der Waals surface area contributed by atoms with Crippen LogP contribution in [0.5, 0.6) is 0 Å². The van der Waals surface area contributed by atoms with E-state index in [1.165, 1.54) is 6.42 Å². The van der Waals surface area contributed by atoms with E-state index in [9.17, 15) is 0 Å². The Morgan fingerprint density at radius 3 is 2.50 bits per heavy atom. The zero-order valence-corrected chi connectivity index (χ0v) is 8.25. The Labute approximate surface area is 74.6 Å². The Morgan fingerprint density at radius 2 is 1.92 bits per heavy atom. The number of hydrogen-bond acceptors (Lipinski definition) is 3. The smallest absolute Gasteiger partial charge is 0.0618 e. The van der Waals surface area contributed by atoms with E-state index in [1.807, 2.05) is 0 Å². The Hall–Kier alpha value is -0.120. The summed E-state index contributed by atoms with van der Waals surface area (Å²) in [5.74, 6) is 0.695. The maximum atomic E-state index is 5.14. The van der Waals surface area contributed by atoms with Gasteiger partial charge in [-0.1, -0.05) is 0 Å². The molecule has 0 amide bonds. The van der Waals surface area contributed by atoms with Crippen molar-refractivity contribution in [1.29, 1.82) is 0 Å². The highest BCUT2D eigenvalue weighted by molar-refractivity contribution is 4.82. The largest absolute Gasteiger partial charge is 0.384 e. The van der Waals surface area contributed by atoms with Gasteiger partial charge in [0.1, 0.15) is 0 Å². The average molecular weight is 173 g/mol. The molecule has 0 aromatic rings. The third-order valence-electron chi connectivity index (χ3n) is 2.54. The summed E-state index contributed by atoms with van der Waals surface area (Å²) in [4.78, 5) is 2.35. The number of methoxy groups -OCH3 is 2. The number of hydrogen-bond donors (Lipinski definition) is 0. The molecule has 0 bridgehead atoms. The predicted molar refractivity (Wildman–Crippen MR) is 48.3 cm³/mol. The minimum absolute atomic E-state index is 0.593. The summed E-state index contributed by atoms with van der Waals surface area (Å²) in [6, 6.07) is 0.593. The summed E-state index contributed by atoms with van der Waals surface area (Å²) in [6.07, 6.45) is 1.21. The van der Waals surface area contributed by atoms with Crippen molar-refractivity contribution in [2.45, 2.75) is 12.5 Å². The summed E-state index contributed by atoms with van der Waals surface area (Å²) in [5.41, 5.74) is 0. The minimum atomic E-state index is 0.593. The third-order valence-corrected chi connectivity index (χ3v) is 2.54. The number of nitrogens with zero attached hydrogens (tertiary/aromatic N) is 1. The predicted octanol–water partition coefficient (Wildman–Crippen LogP) is 0.599. The molecule has 12 heavy (non-hydrogen) atoms. The number of ether oxygens (including phenoxy) is 2. The van der Waals surface area contributed by atoms with E-state index >= 15 is 0 Å². The molecule has 0 spiro atoms. The lowest BCUT2D eigenvalue weighted by Crippen LogP contribution is -2.28. The van der Waals surface area contributed by atoms with E-state index in [0.29, 0.717) is 12.0 Å². The maximum absolute atomic E-state index is 5.14. The average Bonchev–Trinajstić information content (AvgIpc) is 2.34. The number of likely N-dealkylation sites (tertiary alicyclic amines) is 1. The summed E-state index contributed by atoms with van der Waals surface area (Å²) in [5, 5.41) is 0. The highest BCUT2D eigenvalue weighted by Crippen LogP contribution is 2.21. The fraction of sp³-hybridized carbons (Fsp3) is 1.00. The fourth-order valence-corrected chi connectivity index (χ4v) is 1.94. The minimum Gasteiger partial charge on any atom is -0.384 e. The Kier molecular flexibility index (Phi) is 3.98. The van der Waals surface area contributed by atoms with Crippen molar-refractivity contribution in [3.05, 3.63) is 0 Å². The van der Waals surface area contributed by atoms with Crippen LogP contribution in [0.1, 0.15) is 6.42 Å². The van der Waals surface area contributed by atoms with E-state index in [2.05, 4.69) is 11.9 Å². The normalized spacial score (nSPS) is 31.2. The fourth-order valence-electron chi connectivity index (χ4n) is 1.94. The van der Waals surface area contributed by atoms with Crippen LogP contribution >= 0.6 is 0 Å². The second-order valence-electron chi connectivity index (χ2n) is 3.61. The standard InChI is InChI=1S/C9H19NO2/c1-10-5-8(6-11-2)4-9(10)7-12-3/h8-9H,4-7H2,1-3H3/t8?,9-/m0/s1. The molecule has 1 fully saturated rings. The zero-order chi connectivity index (χ0) is 8.97. The van der Waals surface area contributed by atoms with Gasteiger partial charge in [-0.05, 0) is 19.4 Å². The van der Waals surface area contributed by atoms with Crippen LogP contribution in [0, 0.1) is 5.92 Å². The molecule has 3 heteroatoms. The van der Waals surface area contributed by atoms with Gasteiger partial charge in [0.2, 0.25) is 0 Å². The van der Waals surface area contributed by atoms with Crippen LogP contribution in [0.2, 0.25) is 0 Å². The molecule has 72 valence electrons. The first-order valence-electron chi connectivity index (χ1n) is 4.46. The lowest BCUT2D eigenvalue weighted by Gasteiger charge is -2.17. The van der Waals surface area contributed by atoms with Crippen LogP contribution in [0.25, 0.3) is 0 Å².